The van der Waals surface area contributed by atoms with Gasteiger partial charge >= 0.3 is 0 Å². The third-order valence-electron chi connectivity index (χ3n) is 3.71. The van der Waals surface area contributed by atoms with Crippen LogP contribution in [0.15, 0.2) is 48.5 Å². The molecule has 3 nitrogen and oxygen atoms in total. The van der Waals surface area contributed by atoms with Crippen molar-refractivity contribution in [2.75, 3.05) is 7.11 Å². The van der Waals surface area contributed by atoms with Crippen molar-refractivity contribution in [1.29, 1.82) is 0 Å². The second kappa shape index (κ2) is 6.00. The number of hydrogen-bond acceptors (Lipinski definition) is 2. The molecular weight excluding hydrogens is 260 g/mol. The van der Waals surface area contributed by atoms with Gasteiger partial charge in [-0.15, -0.1) is 0 Å². The first-order valence-electron chi connectivity index (χ1n) is 7.39. The van der Waals surface area contributed by atoms with Gasteiger partial charge in [0.2, 0.25) is 0 Å². The fraction of sp³-hybridized carbons (Fsp3) is 0.278. The van der Waals surface area contributed by atoms with E-state index in [1.165, 1.54) is 11.1 Å². The lowest BCUT2D eigenvalue weighted by atomic mass is 10.2. The zero-order chi connectivity index (χ0) is 14.7. The third-order valence-corrected chi connectivity index (χ3v) is 3.71. The summed E-state index contributed by atoms with van der Waals surface area (Å²) in [6.07, 6.45) is 2.11. The fourth-order valence-electron chi connectivity index (χ4n) is 2.63. The van der Waals surface area contributed by atoms with Gasteiger partial charge in [0.05, 0.1) is 18.1 Å². The molecule has 0 atom stereocenters. The Balaban J connectivity index is 1.99. The summed E-state index contributed by atoms with van der Waals surface area (Å²) in [5.41, 5.74) is 3.54. The van der Waals surface area contributed by atoms with Crippen LogP contribution in [-0.4, -0.2) is 16.7 Å². The summed E-state index contributed by atoms with van der Waals surface area (Å²) in [7, 11) is 1.69. The van der Waals surface area contributed by atoms with Crippen LogP contribution in [0.3, 0.4) is 0 Å². The first kappa shape index (κ1) is 13.7. The monoisotopic (exact) mass is 280 g/mol. The molecule has 0 bridgehead atoms. The SMILES string of the molecule is CCCc1nc2ccccc2n1Cc1ccc(OC)cc1. The van der Waals surface area contributed by atoms with Gasteiger partial charge in [-0.25, -0.2) is 4.98 Å². The molecule has 0 aliphatic rings. The van der Waals surface area contributed by atoms with E-state index in [2.05, 4.69) is 41.8 Å². The largest absolute Gasteiger partial charge is 0.497 e. The summed E-state index contributed by atoms with van der Waals surface area (Å²) in [5, 5.41) is 0. The van der Waals surface area contributed by atoms with E-state index in [1.807, 2.05) is 18.2 Å². The second-order valence-electron chi connectivity index (χ2n) is 5.20. The van der Waals surface area contributed by atoms with Crippen LogP contribution in [0.2, 0.25) is 0 Å². The van der Waals surface area contributed by atoms with Crippen molar-refractivity contribution in [3.8, 4) is 5.75 Å². The molecule has 3 aromatic rings. The lowest BCUT2D eigenvalue weighted by Crippen LogP contribution is -2.05. The van der Waals surface area contributed by atoms with Crippen LogP contribution in [0.5, 0.6) is 5.75 Å². The van der Waals surface area contributed by atoms with Crippen molar-refractivity contribution >= 4 is 11.0 Å². The maximum Gasteiger partial charge on any atom is 0.118 e. The molecule has 3 rings (SSSR count). The van der Waals surface area contributed by atoms with Crippen LogP contribution < -0.4 is 4.74 Å². The molecule has 21 heavy (non-hydrogen) atoms. The molecule has 0 spiro atoms. The zero-order valence-corrected chi connectivity index (χ0v) is 12.5. The molecule has 2 aromatic carbocycles. The quantitative estimate of drug-likeness (QED) is 0.705. The average Bonchev–Trinajstić information content (AvgIpc) is 2.86. The fourth-order valence-corrected chi connectivity index (χ4v) is 2.63. The van der Waals surface area contributed by atoms with E-state index in [9.17, 15) is 0 Å². The summed E-state index contributed by atoms with van der Waals surface area (Å²) in [6, 6.07) is 16.6. The van der Waals surface area contributed by atoms with Crippen LogP contribution in [0, 0.1) is 0 Å². The summed E-state index contributed by atoms with van der Waals surface area (Å²) in [6.45, 7) is 3.04. The van der Waals surface area contributed by atoms with Crippen LogP contribution in [0.4, 0.5) is 0 Å². The van der Waals surface area contributed by atoms with Crippen LogP contribution in [0.1, 0.15) is 24.7 Å². The van der Waals surface area contributed by atoms with E-state index < -0.39 is 0 Å². The molecular formula is C18H20N2O. The van der Waals surface area contributed by atoms with Gasteiger partial charge in [-0.1, -0.05) is 31.2 Å². The van der Waals surface area contributed by atoms with Crippen molar-refractivity contribution in [3.05, 3.63) is 59.9 Å². The van der Waals surface area contributed by atoms with Crippen molar-refractivity contribution in [2.45, 2.75) is 26.3 Å². The van der Waals surface area contributed by atoms with Crippen LogP contribution in [0.25, 0.3) is 11.0 Å². The van der Waals surface area contributed by atoms with E-state index in [0.717, 1.165) is 36.5 Å². The summed E-state index contributed by atoms with van der Waals surface area (Å²) in [4.78, 5) is 4.77. The van der Waals surface area contributed by atoms with Crippen molar-refractivity contribution in [1.82, 2.24) is 9.55 Å². The van der Waals surface area contributed by atoms with Gasteiger partial charge in [-0.05, 0) is 36.2 Å². The normalized spacial score (nSPS) is 11.0. The minimum atomic E-state index is 0.847. The van der Waals surface area contributed by atoms with Crippen molar-refractivity contribution in [2.24, 2.45) is 0 Å². The maximum absolute atomic E-state index is 5.22. The van der Waals surface area contributed by atoms with Gasteiger partial charge in [-0.2, -0.15) is 0 Å². The number of hydrogen-bond donors (Lipinski definition) is 0. The molecule has 0 unspecified atom stereocenters. The maximum atomic E-state index is 5.22. The molecule has 0 radical (unpaired) electrons. The first-order chi connectivity index (χ1) is 10.3. The minimum absolute atomic E-state index is 0.847. The smallest absolute Gasteiger partial charge is 0.118 e. The van der Waals surface area contributed by atoms with Crippen LogP contribution in [-0.2, 0) is 13.0 Å². The lowest BCUT2D eigenvalue weighted by Gasteiger charge is -2.09. The molecule has 0 aliphatic heterocycles. The second-order valence-corrected chi connectivity index (χ2v) is 5.20. The lowest BCUT2D eigenvalue weighted by molar-refractivity contribution is 0.414. The number of methoxy groups -OCH3 is 1. The Morgan fingerprint density at radius 2 is 1.81 bits per heavy atom. The molecule has 0 saturated heterocycles. The minimum Gasteiger partial charge on any atom is -0.497 e. The Morgan fingerprint density at radius 1 is 1.05 bits per heavy atom. The Hall–Kier alpha value is -2.29. The molecule has 0 aliphatic carbocycles. The third kappa shape index (κ3) is 2.77. The van der Waals surface area contributed by atoms with E-state index in [0.29, 0.717) is 0 Å². The van der Waals surface area contributed by atoms with E-state index >= 15 is 0 Å². The number of fused-ring (bicyclic) bond motifs is 1. The Kier molecular flexibility index (Phi) is 3.91. The molecule has 1 aromatic heterocycles. The van der Waals surface area contributed by atoms with Gasteiger partial charge in [0, 0.05) is 13.0 Å². The number of aromatic nitrogens is 2. The highest BCUT2D eigenvalue weighted by molar-refractivity contribution is 5.76. The average molecular weight is 280 g/mol. The Morgan fingerprint density at radius 3 is 2.52 bits per heavy atom. The van der Waals surface area contributed by atoms with E-state index in [1.54, 1.807) is 7.11 Å². The summed E-state index contributed by atoms with van der Waals surface area (Å²) >= 11 is 0. The predicted molar refractivity (Wildman–Crippen MR) is 85.8 cm³/mol. The standard InChI is InChI=1S/C18H20N2O/c1-3-6-18-19-16-7-4-5-8-17(16)20(18)13-14-9-11-15(21-2)12-10-14/h4-5,7-12H,3,6,13H2,1-2H3. The molecule has 0 N–H and O–H groups in total. The number of rotatable bonds is 5. The number of ether oxygens (including phenoxy) is 1. The first-order valence-corrected chi connectivity index (χ1v) is 7.39. The van der Waals surface area contributed by atoms with E-state index in [-0.39, 0.29) is 0 Å². The summed E-state index contributed by atoms with van der Waals surface area (Å²) in [5.74, 6) is 2.05. The highest BCUT2D eigenvalue weighted by Crippen LogP contribution is 2.20. The van der Waals surface area contributed by atoms with Gasteiger partial charge in [0.15, 0.2) is 0 Å². The predicted octanol–water partition coefficient (Wildman–Crippen LogP) is 4.05. The van der Waals surface area contributed by atoms with Crippen molar-refractivity contribution in [3.63, 3.8) is 0 Å². The Bertz CT molecular complexity index is 729. The molecule has 3 heteroatoms. The molecule has 0 amide bonds. The Labute approximate surface area is 125 Å². The number of benzene rings is 2. The zero-order valence-electron chi connectivity index (χ0n) is 12.5. The molecule has 0 fully saturated rings. The highest BCUT2D eigenvalue weighted by Gasteiger charge is 2.10. The van der Waals surface area contributed by atoms with Gasteiger partial charge < -0.3 is 9.30 Å². The van der Waals surface area contributed by atoms with Gasteiger partial charge in [0.1, 0.15) is 11.6 Å². The van der Waals surface area contributed by atoms with Gasteiger partial charge in [0.25, 0.3) is 0 Å². The van der Waals surface area contributed by atoms with E-state index in [4.69, 9.17) is 9.72 Å². The topological polar surface area (TPSA) is 27.1 Å². The van der Waals surface area contributed by atoms with Crippen LogP contribution >= 0.6 is 0 Å². The molecule has 1 heterocycles. The number of imidazole rings is 1. The van der Waals surface area contributed by atoms with Gasteiger partial charge in [-0.3, -0.25) is 0 Å². The highest BCUT2D eigenvalue weighted by atomic mass is 16.5. The number of aryl methyl sites for hydroxylation is 1. The number of para-hydroxylation sites is 2. The molecule has 108 valence electrons. The van der Waals surface area contributed by atoms with Crippen molar-refractivity contribution < 1.29 is 4.74 Å². The summed E-state index contributed by atoms with van der Waals surface area (Å²) < 4.78 is 7.54. The molecule has 0 saturated carbocycles. The number of nitrogens with zero attached hydrogens (tertiary/aromatic N) is 2.